The van der Waals surface area contributed by atoms with E-state index in [0.29, 0.717) is 0 Å². The summed E-state index contributed by atoms with van der Waals surface area (Å²) < 4.78 is 61.6. The Balaban J connectivity index is 4.04. The summed E-state index contributed by atoms with van der Waals surface area (Å²) in [6.07, 6.45) is 0. The molecule has 0 aromatic heterocycles. The van der Waals surface area contributed by atoms with E-state index in [0.717, 1.165) is 0 Å². The van der Waals surface area contributed by atoms with Crippen LogP contribution < -0.4 is 0 Å². The van der Waals surface area contributed by atoms with E-state index in [1.807, 2.05) is 0 Å². The fourth-order valence-electron chi connectivity index (χ4n) is 1.35. The van der Waals surface area contributed by atoms with Gasteiger partial charge in [0.05, 0.1) is 16.0 Å². The summed E-state index contributed by atoms with van der Waals surface area (Å²) in [4.78, 5) is 19.1. The van der Waals surface area contributed by atoms with Crippen LogP contribution in [0.2, 0.25) is 0 Å². The highest BCUT2D eigenvalue weighted by Crippen LogP contribution is 2.25. The monoisotopic (exact) mass is 326 g/mol. The van der Waals surface area contributed by atoms with Gasteiger partial charge in [-0.2, -0.15) is 16.8 Å². The van der Waals surface area contributed by atoms with E-state index in [2.05, 4.69) is 0 Å². The average Bonchev–Trinajstić information content (AvgIpc) is 2.24. The molecule has 0 heterocycles. The van der Waals surface area contributed by atoms with Gasteiger partial charge in [-0.25, -0.2) is 9.59 Å². The summed E-state index contributed by atoms with van der Waals surface area (Å²) >= 11 is 0. The number of hydrogen-bond acceptors (Lipinski definition) is 6. The Morgan fingerprint density at radius 1 is 0.800 bits per heavy atom. The first kappa shape index (κ1) is 16.0. The lowest BCUT2D eigenvalue weighted by Gasteiger charge is -2.09. The fourth-order valence-corrected chi connectivity index (χ4v) is 2.73. The highest BCUT2D eigenvalue weighted by atomic mass is 32.2. The minimum absolute atomic E-state index is 0.215. The minimum Gasteiger partial charge on any atom is -0.478 e. The van der Waals surface area contributed by atoms with Crippen LogP contribution in [0.3, 0.4) is 0 Å². The molecule has 1 rings (SSSR count). The Morgan fingerprint density at radius 3 is 1.35 bits per heavy atom. The van der Waals surface area contributed by atoms with Crippen molar-refractivity contribution in [2.75, 3.05) is 0 Å². The van der Waals surface area contributed by atoms with Crippen LogP contribution in [0.1, 0.15) is 20.7 Å². The third kappa shape index (κ3) is 3.11. The Labute approximate surface area is 111 Å². The van der Waals surface area contributed by atoms with E-state index < -0.39 is 53.1 Å². The van der Waals surface area contributed by atoms with Crippen LogP contribution >= 0.6 is 0 Å². The second kappa shape index (κ2) is 4.82. The van der Waals surface area contributed by atoms with Crippen LogP contribution in [0.25, 0.3) is 0 Å². The lowest BCUT2D eigenvalue weighted by atomic mass is 10.1. The Hall–Kier alpha value is -2.02. The molecule has 0 amide bonds. The van der Waals surface area contributed by atoms with Crippen molar-refractivity contribution >= 4 is 32.2 Å². The zero-order chi connectivity index (χ0) is 15.9. The van der Waals surface area contributed by atoms with E-state index >= 15 is 0 Å². The van der Waals surface area contributed by atoms with Gasteiger partial charge in [0.1, 0.15) is 4.90 Å². The highest BCUT2D eigenvalue weighted by Gasteiger charge is 2.30. The molecule has 0 unspecified atom stereocenters. The van der Waals surface area contributed by atoms with E-state index in [9.17, 15) is 26.4 Å². The van der Waals surface area contributed by atoms with Gasteiger partial charge >= 0.3 is 11.9 Å². The van der Waals surface area contributed by atoms with E-state index in [1.165, 1.54) is 0 Å². The van der Waals surface area contributed by atoms with Crippen molar-refractivity contribution in [1.29, 1.82) is 0 Å². The highest BCUT2D eigenvalue weighted by molar-refractivity contribution is 7.86. The lowest BCUT2D eigenvalue weighted by Crippen LogP contribution is -2.16. The molecule has 0 saturated carbocycles. The van der Waals surface area contributed by atoms with E-state index in [4.69, 9.17) is 19.3 Å². The summed E-state index contributed by atoms with van der Waals surface area (Å²) in [5.41, 5.74) is -2.61. The summed E-state index contributed by atoms with van der Waals surface area (Å²) in [6, 6.07) is 0.431. The molecule has 4 N–H and O–H groups in total. The van der Waals surface area contributed by atoms with Crippen molar-refractivity contribution in [3.63, 3.8) is 0 Å². The number of rotatable bonds is 4. The summed E-state index contributed by atoms with van der Waals surface area (Å²) in [5, 5.41) is 17.6. The first-order chi connectivity index (χ1) is 8.85. The summed E-state index contributed by atoms with van der Waals surface area (Å²) in [7, 11) is -10.2. The van der Waals surface area contributed by atoms with Gasteiger partial charge in [0.15, 0.2) is 0 Å². The normalized spacial score (nSPS) is 12.1. The van der Waals surface area contributed by atoms with Gasteiger partial charge in [-0.1, -0.05) is 0 Å². The molecule has 0 fully saturated rings. The van der Waals surface area contributed by atoms with Crippen LogP contribution in [0.15, 0.2) is 21.9 Å². The maximum atomic E-state index is 11.1. The molecule has 1 aromatic carbocycles. The Morgan fingerprint density at radius 2 is 1.15 bits per heavy atom. The van der Waals surface area contributed by atoms with Crippen LogP contribution in [0.5, 0.6) is 0 Å². The average molecular weight is 326 g/mol. The molecule has 0 aliphatic heterocycles. The standard InChI is InChI=1S/C8H6O10S2/c9-7(10)4-1-3(19(13,14)15)2-5(8(11)12)6(4)20(16,17)18/h1-2H,(H,9,10)(H,11,12)(H,13,14,15)(H,16,17,18). The number of aromatic carboxylic acids is 2. The number of hydrogen-bond donors (Lipinski definition) is 4. The molecule has 20 heavy (non-hydrogen) atoms. The predicted molar refractivity (Wildman–Crippen MR) is 60.0 cm³/mol. The molecular weight excluding hydrogens is 320 g/mol. The van der Waals surface area contributed by atoms with Crippen molar-refractivity contribution in [1.82, 2.24) is 0 Å². The summed E-state index contributed by atoms with van der Waals surface area (Å²) in [6.45, 7) is 0. The quantitative estimate of drug-likeness (QED) is 0.529. The van der Waals surface area contributed by atoms with E-state index in [1.54, 1.807) is 0 Å². The first-order valence-corrected chi connectivity index (χ1v) is 7.33. The molecule has 0 radical (unpaired) electrons. The summed E-state index contributed by atoms with van der Waals surface area (Å²) in [5.74, 6) is -4.02. The fraction of sp³-hybridized carbons (Fsp3) is 0. The number of benzene rings is 1. The largest absolute Gasteiger partial charge is 0.478 e. The molecule has 110 valence electrons. The van der Waals surface area contributed by atoms with Crippen LogP contribution in [0.4, 0.5) is 0 Å². The predicted octanol–water partition coefficient (Wildman–Crippen LogP) is -0.424. The van der Waals surface area contributed by atoms with Crippen molar-refractivity contribution < 1.29 is 45.7 Å². The van der Waals surface area contributed by atoms with Gasteiger partial charge in [-0.3, -0.25) is 9.11 Å². The molecule has 0 spiro atoms. The van der Waals surface area contributed by atoms with Gasteiger partial charge in [-0.15, -0.1) is 0 Å². The van der Waals surface area contributed by atoms with Gasteiger partial charge in [0, 0.05) is 0 Å². The van der Waals surface area contributed by atoms with E-state index in [-0.39, 0.29) is 12.1 Å². The molecule has 0 atom stereocenters. The first-order valence-electron chi connectivity index (χ1n) is 4.45. The minimum atomic E-state index is -5.25. The zero-order valence-corrected chi connectivity index (χ0v) is 10.8. The second-order valence-corrected chi connectivity index (χ2v) is 6.19. The van der Waals surface area contributed by atoms with Crippen molar-refractivity contribution in [2.45, 2.75) is 9.79 Å². The molecule has 10 nitrogen and oxygen atoms in total. The second-order valence-electron chi connectivity index (χ2n) is 3.41. The van der Waals surface area contributed by atoms with Gasteiger partial charge in [0.2, 0.25) is 0 Å². The van der Waals surface area contributed by atoms with Gasteiger partial charge in [-0.05, 0) is 12.1 Å². The van der Waals surface area contributed by atoms with Gasteiger partial charge in [0.25, 0.3) is 20.2 Å². The number of carbonyl (C=O) groups is 2. The van der Waals surface area contributed by atoms with Crippen LogP contribution in [-0.4, -0.2) is 48.1 Å². The molecule has 1 aromatic rings. The zero-order valence-electron chi connectivity index (χ0n) is 9.21. The Bertz CT molecular complexity index is 767. The molecule has 0 aliphatic rings. The molecular formula is C8H6O10S2. The van der Waals surface area contributed by atoms with Crippen LogP contribution in [-0.2, 0) is 20.2 Å². The number of carboxylic acids is 2. The van der Waals surface area contributed by atoms with Crippen molar-refractivity contribution in [3.05, 3.63) is 23.3 Å². The lowest BCUT2D eigenvalue weighted by molar-refractivity contribution is 0.0688. The van der Waals surface area contributed by atoms with Crippen LogP contribution in [0, 0.1) is 0 Å². The molecule has 0 saturated heterocycles. The maximum absolute atomic E-state index is 11.1. The maximum Gasteiger partial charge on any atom is 0.337 e. The topological polar surface area (TPSA) is 183 Å². The van der Waals surface area contributed by atoms with Crippen molar-refractivity contribution in [2.24, 2.45) is 0 Å². The number of carboxylic acid groups (broad SMARTS) is 2. The SMILES string of the molecule is O=C(O)c1cc(S(=O)(=O)O)cc(C(=O)O)c1S(=O)(=O)O. The van der Waals surface area contributed by atoms with Crippen molar-refractivity contribution in [3.8, 4) is 0 Å². The third-order valence-corrected chi connectivity index (χ3v) is 3.87. The smallest absolute Gasteiger partial charge is 0.337 e. The molecule has 0 bridgehead atoms. The van der Waals surface area contributed by atoms with Gasteiger partial charge < -0.3 is 10.2 Å². The Kier molecular flexibility index (Phi) is 3.87. The molecule has 0 aliphatic carbocycles. The molecule has 12 heteroatoms. The third-order valence-electron chi connectivity index (χ3n) is 2.08.